The second kappa shape index (κ2) is 6.49. The number of pyridine rings is 2. The van der Waals surface area contributed by atoms with Gasteiger partial charge in [0.1, 0.15) is 5.65 Å². The van der Waals surface area contributed by atoms with Gasteiger partial charge in [-0.15, -0.1) is 0 Å². The van der Waals surface area contributed by atoms with Gasteiger partial charge < -0.3 is 0 Å². The van der Waals surface area contributed by atoms with Crippen molar-refractivity contribution in [2.45, 2.75) is 6.92 Å². The van der Waals surface area contributed by atoms with Crippen molar-refractivity contribution in [1.82, 2.24) is 19.4 Å². The van der Waals surface area contributed by atoms with Crippen molar-refractivity contribution in [3.05, 3.63) is 97.0 Å². The Labute approximate surface area is 173 Å². The van der Waals surface area contributed by atoms with Gasteiger partial charge in [0.2, 0.25) is 0 Å². The number of aromatic nitrogens is 4. The minimum Gasteiger partial charge on any atom is -0.298 e. The molecule has 0 N–H and O–H groups in total. The monoisotopic (exact) mass is 386 g/mol. The first kappa shape index (κ1) is 16.9. The van der Waals surface area contributed by atoms with Crippen molar-refractivity contribution in [2.24, 2.45) is 0 Å². The molecular weight excluding hydrogens is 368 g/mol. The van der Waals surface area contributed by atoms with Crippen molar-refractivity contribution in [3.63, 3.8) is 0 Å². The van der Waals surface area contributed by atoms with E-state index in [0.717, 1.165) is 55.7 Å². The largest absolute Gasteiger partial charge is 0.298 e. The van der Waals surface area contributed by atoms with Crippen LogP contribution in [0.4, 0.5) is 0 Å². The lowest BCUT2D eigenvalue weighted by molar-refractivity contribution is 1.10. The maximum Gasteiger partial charge on any atom is 0.161 e. The molecule has 4 heteroatoms. The van der Waals surface area contributed by atoms with E-state index in [-0.39, 0.29) is 0 Å². The molecule has 30 heavy (non-hydrogen) atoms. The Kier molecular flexibility index (Phi) is 3.65. The smallest absolute Gasteiger partial charge is 0.161 e. The normalized spacial score (nSPS) is 11.5. The van der Waals surface area contributed by atoms with Gasteiger partial charge in [-0.05, 0) is 31.2 Å². The number of rotatable bonds is 2. The molecule has 0 aliphatic rings. The summed E-state index contributed by atoms with van der Waals surface area (Å²) in [6.07, 6.45) is 3.90. The van der Waals surface area contributed by atoms with Gasteiger partial charge in [0.15, 0.2) is 5.82 Å². The molecule has 6 aromatic rings. The van der Waals surface area contributed by atoms with Gasteiger partial charge in [-0.25, -0.2) is 9.97 Å². The molecule has 0 spiro atoms. The van der Waals surface area contributed by atoms with Gasteiger partial charge in [0, 0.05) is 45.6 Å². The van der Waals surface area contributed by atoms with Crippen molar-refractivity contribution in [2.75, 3.05) is 0 Å². The standard InChI is InChI=1S/C26H18N4/c1-17-8-7-13-23-24(20-14-19-11-5-6-12-22(19)27-15-20)21-16-28-25(29-26(21)30(17)23)18-9-3-2-4-10-18/h2-16H,1H3. The van der Waals surface area contributed by atoms with Crippen LogP contribution in [0.25, 0.3) is 50.0 Å². The highest BCUT2D eigenvalue weighted by atomic mass is 15.0. The minimum absolute atomic E-state index is 0.730. The lowest BCUT2D eigenvalue weighted by Gasteiger charge is -2.04. The highest BCUT2D eigenvalue weighted by Gasteiger charge is 2.18. The molecule has 0 saturated carbocycles. The fraction of sp³-hybridized carbons (Fsp3) is 0.0385. The molecule has 0 saturated heterocycles. The molecule has 0 fully saturated rings. The summed E-state index contributed by atoms with van der Waals surface area (Å²) < 4.78 is 2.22. The van der Waals surface area contributed by atoms with Gasteiger partial charge in [0.05, 0.1) is 11.0 Å². The molecule has 0 unspecified atom stereocenters. The van der Waals surface area contributed by atoms with E-state index in [0.29, 0.717) is 0 Å². The van der Waals surface area contributed by atoms with E-state index >= 15 is 0 Å². The molecule has 0 bridgehead atoms. The van der Waals surface area contributed by atoms with E-state index in [1.807, 2.05) is 60.9 Å². The summed E-state index contributed by atoms with van der Waals surface area (Å²) in [6, 6.07) is 26.8. The van der Waals surface area contributed by atoms with E-state index in [4.69, 9.17) is 9.97 Å². The number of para-hydroxylation sites is 1. The lowest BCUT2D eigenvalue weighted by Crippen LogP contribution is -1.94. The molecule has 0 radical (unpaired) electrons. The Hall–Kier alpha value is -4.05. The third-order valence-corrected chi connectivity index (χ3v) is 5.60. The van der Waals surface area contributed by atoms with Gasteiger partial charge in [-0.3, -0.25) is 9.38 Å². The Morgan fingerprint density at radius 2 is 1.57 bits per heavy atom. The Morgan fingerprint density at radius 1 is 0.733 bits per heavy atom. The van der Waals surface area contributed by atoms with Crippen LogP contribution in [0.5, 0.6) is 0 Å². The fourth-order valence-electron chi connectivity index (χ4n) is 4.19. The molecule has 0 aliphatic carbocycles. The lowest BCUT2D eigenvalue weighted by atomic mass is 10.0. The van der Waals surface area contributed by atoms with E-state index in [1.54, 1.807) is 0 Å². The van der Waals surface area contributed by atoms with Crippen molar-refractivity contribution >= 4 is 27.5 Å². The molecule has 4 nitrogen and oxygen atoms in total. The molecule has 6 rings (SSSR count). The second-order valence-electron chi connectivity index (χ2n) is 7.48. The van der Waals surface area contributed by atoms with E-state index in [2.05, 4.69) is 46.6 Å². The zero-order valence-corrected chi connectivity index (χ0v) is 16.4. The van der Waals surface area contributed by atoms with Gasteiger partial charge in [0.25, 0.3) is 0 Å². The number of benzene rings is 2. The summed E-state index contributed by atoms with van der Waals surface area (Å²) in [7, 11) is 0. The Balaban J connectivity index is 1.69. The average molecular weight is 386 g/mol. The highest BCUT2D eigenvalue weighted by molar-refractivity contribution is 6.05. The van der Waals surface area contributed by atoms with Gasteiger partial charge >= 0.3 is 0 Å². The van der Waals surface area contributed by atoms with Crippen LogP contribution in [-0.4, -0.2) is 19.4 Å². The molecule has 0 atom stereocenters. The van der Waals surface area contributed by atoms with Crippen molar-refractivity contribution < 1.29 is 0 Å². The van der Waals surface area contributed by atoms with Crippen molar-refractivity contribution in [3.8, 4) is 22.5 Å². The quantitative estimate of drug-likeness (QED) is 0.362. The number of hydrogen-bond acceptors (Lipinski definition) is 3. The predicted molar refractivity (Wildman–Crippen MR) is 121 cm³/mol. The van der Waals surface area contributed by atoms with E-state index in [1.165, 1.54) is 0 Å². The Morgan fingerprint density at radius 3 is 2.47 bits per heavy atom. The summed E-state index contributed by atoms with van der Waals surface area (Å²) in [6.45, 7) is 2.11. The fourth-order valence-corrected chi connectivity index (χ4v) is 4.19. The third-order valence-electron chi connectivity index (χ3n) is 5.60. The average Bonchev–Trinajstić information content (AvgIpc) is 3.14. The van der Waals surface area contributed by atoms with Crippen LogP contribution in [0.15, 0.2) is 91.3 Å². The minimum atomic E-state index is 0.730. The highest BCUT2D eigenvalue weighted by Crippen LogP contribution is 2.36. The van der Waals surface area contributed by atoms with Crippen molar-refractivity contribution in [1.29, 1.82) is 0 Å². The Bertz CT molecular complexity index is 1550. The summed E-state index contributed by atoms with van der Waals surface area (Å²) in [5.41, 5.74) is 7.36. The molecule has 142 valence electrons. The van der Waals surface area contributed by atoms with Crippen LogP contribution in [0.3, 0.4) is 0 Å². The van der Waals surface area contributed by atoms with Crippen LogP contribution in [0.1, 0.15) is 5.69 Å². The number of hydrogen-bond donors (Lipinski definition) is 0. The second-order valence-corrected chi connectivity index (χ2v) is 7.48. The molecule has 4 aromatic heterocycles. The summed E-state index contributed by atoms with van der Waals surface area (Å²) >= 11 is 0. The predicted octanol–water partition coefficient (Wildman–Crippen LogP) is 6.07. The SMILES string of the molecule is Cc1cccc2c(-c3cnc4ccccc4c3)c3cnc(-c4ccccc4)nc3n12. The van der Waals surface area contributed by atoms with E-state index in [9.17, 15) is 0 Å². The molecular formula is C26H18N4. The molecule has 0 aliphatic heterocycles. The summed E-state index contributed by atoms with van der Waals surface area (Å²) in [5.74, 6) is 0.730. The zero-order chi connectivity index (χ0) is 20.1. The van der Waals surface area contributed by atoms with Crippen LogP contribution in [0.2, 0.25) is 0 Å². The first-order valence-corrected chi connectivity index (χ1v) is 9.97. The first-order chi connectivity index (χ1) is 14.8. The first-order valence-electron chi connectivity index (χ1n) is 9.97. The molecule has 2 aromatic carbocycles. The number of aryl methyl sites for hydroxylation is 1. The topological polar surface area (TPSA) is 43.1 Å². The summed E-state index contributed by atoms with van der Waals surface area (Å²) in [4.78, 5) is 14.4. The van der Waals surface area contributed by atoms with Crippen LogP contribution < -0.4 is 0 Å². The van der Waals surface area contributed by atoms with Gasteiger partial charge in [-0.1, -0.05) is 54.6 Å². The van der Waals surface area contributed by atoms with E-state index < -0.39 is 0 Å². The maximum absolute atomic E-state index is 4.97. The third kappa shape index (κ3) is 2.51. The maximum atomic E-state index is 4.97. The number of fused-ring (bicyclic) bond motifs is 4. The summed E-state index contributed by atoms with van der Waals surface area (Å²) in [5, 5.41) is 2.15. The van der Waals surface area contributed by atoms with Crippen LogP contribution in [0, 0.1) is 6.92 Å². The molecule has 4 heterocycles. The molecule has 0 amide bonds. The number of nitrogens with zero attached hydrogens (tertiary/aromatic N) is 4. The van der Waals surface area contributed by atoms with Gasteiger partial charge in [-0.2, -0.15) is 0 Å². The van der Waals surface area contributed by atoms with Crippen LogP contribution in [-0.2, 0) is 0 Å². The zero-order valence-electron chi connectivity index (χ0n) is 16.4. The van der Waals surface area contributed by atoms with Crippen LogP contribution >= 0.6 is 0 Å².